The highest BCUT2D eigenvalue weighted by molar-refractivity contribution is 5.90. The van der Waals surface area contributed by atoms with E-state index < -0.39 is 0 Å². The summed E-state index contributed by atoms with van der Waals surface area (Å²) in [5.41, 5.74) is 4.64. The molecule has 0 saturated carbocycles. The number of para-hydroxylation sites is 1. The van der Waals surface area contributed by atoms with Crippen LogP contribution in [0.15, 0.2) is 89.4 Å². The predicted octanol–water partition coefficient (Wildman–Crippen LogP) is 2.38. The van der Waals surface area contributed by atoms with E-state index in [1.165, 1.54) is 0 Å². The Morgan fingerprint density at radius 1 is 0.895 bits per heavy atom. The Hall–Kier alpha value is -5.59. The number of H-pyrrole nitrogens is 1. The topological polar surface area (TPSA) is 141 Å². The number of anilines is 1. The fourth-order valence-corrected chi connectivity index (χ4v) is 4.61. The number of fused-ring (bicyclic) bond motifs is 3. The van der Waals surface area contributed by atoms with Crippen LogP contribution in [-0.4, -0.2) is 55.4 Å². The van der Waals surface area contributed by atoms with Crippen molar-refractivity contribution in [1.82, 2.24) is 49.1 Å². The molecule has 0 radical (unpaired) electrons. The number of nitrogens with zero attached hydrogens (tertiary/aromatic N) is 10. The Balaban J connectivity index is 1.23. The highest BCUT2D eigenvalue weighted by atomic mass is 16.1. The molecular weight excluding hydrogens is 484 g/mol. The van der Waals surface area contributed by atoms with Crippen molar-refractivity contribution in [3.63, 3.8) is 0 Å². The summed E-state index contributed by atoms with van der Waals surface area (Å²) >= 11 is 0. The van der Waals surface area contributed by atoms with Gasteiger partial charge >= 0.3 is 5.69 Å². The molecule has 13 heteroatoms. The quantitative estimate of drug-likeness (QED) is 0.355. The fraction of sp³-hybridized carbons (Fsp3) is 0.0800. The van der Waals surface area contributed by atoms with Gasteiger partial charge in [-0.15, -0.1) is 10.2 Å². The van der Waals surface area contributed by atoms with Crippen LogP contribution in [0.1, 0.15) is 11.1 Å². The molecule has 0 aliphatic carbocycles. The molecule has 2 aromatic carbocycles. The van der Waals surface area contributed by atoms with E-state index in [4.69, 9.17) is 0 Å². The third-order valence-electron chi connectivity index (χ3n) is 6.36. The first-order valence-electron chi connectivity index (χ1n) is 11.8. The van der Waals surface area contributed by atoms with Crippen LogP contribution >= 0.6 is 0 Å². The van der Waals surface area contributed by atoms with Gasteiger partial charge < -0.3 is 14.9 Å². The lowest BCUT2D eigenvalue weighted by Gasteiger charge is -2.10. The SMILES string of the molecule is O=c1[nH]c2c(n1Cc1cccc(-n3ccnn3)c1)NC=Nc1c-2ncn1Cc1ccccc1-n1ccnn1. The first-order chi connectivity index (χ1) is 18.7. The zero-order valence-electron chi connectivity index (χ0n) is 19.9. The molecule has 2 N–H and O–H groups in total. The second-order valence-electron chi connectivity index (χ2n) is 8.68. The molecule has 0 fully saturated rings. The number of hydrogen-bond donors (Lipinski definition) is 2. The van der Waals surface area contributed by atoms with Gasteiger partial charge in [0.05, 0.1) is 61.9 Å². The van der Waals surface area contributed by atoms with Crippen molar-refractivity contribution in [1.29, 1.82) is 0 Å². The highest BCUT2D eigenvalue weighted by Crippen LogP contribution is 2.35. The molecule has 1 aliphatic rings. The van der Waals surface area contributed by atoms with Gasteiger partial charge in [-0.2, -0.15) is 0 Å². The molecule has 0 atom stereocenters. The third-order valence-corrected chi connectivity index (χ3v) is 6.36. The minimum Gasteiger partial charge on any atom is -0.330 e. The smallest absolute Gasteiger partial charge is 0.327 e. The fourth-order valence-electron chi connectivity index (χ4n) is 4.61. The van der Waals surface area contributed by atoms with E-state index in [9.17, 15) is 4.79 Å². The number of nitrogens with one attached hydrogen (secondary N) is 2. The van der Waals surface area contributed by atoms with Gasteiger partial charge in [0.25, 0.3) is 0 Å². The standard InChI is InChI=1S/C25H20N12O/c38-25-31-22-21-23(34(16-28-21)14-18-5-1-2-7-20(18)37-11-9-30-33-37)26-15-27-24(22)35(25)13-17-4-3-6-19(12-17)36-10-8-29-32-36/h1-12,15-16H,13-14H2,(H,26,27)(H,31,38). The molecule has 0 bridgehead atoms. The van der Waals surface area contributed by atoms with Crippen molar-refractivity contribution in [2.24, 2.45) is 4.99 Å². The van der Waals surface area contributed by atoms with E-state index >= 15 is 0 Å². The largest absolute Gasteiger partial charge is 0.330 e. The van der Waals surface area contributed by atoms with Crippen LogP contribution in [0.5, 0.6) is 0 Å². The van der Waals surface area contributed by atoms with Crippen molar-refractivity contribution in [3.8, 4) is 22.8 Å². The van der Waals surface area contributed by atoms with Gasteiger partial charge in [-0.05, 0) is 29.3 Å². The van der Waals surface area contributed by atoms with Crippen LogP contribution in [0, 0.1) is 0 Å². The summed E-state index contributed by atoms with van der Waals surface area (Å²) in [4.78, 5) is 25.3. The molecule has 0 amide bonds. The van der Waals surface area contributed by atoms with Gasteiger partial charge in [0.2, 0.25) is 0 Å². The summed E-state index contributed by atoms with van der Waals surface area (Å²) in [7, 11) is 0. The Morgan fingerprint density at radius 3 is 2.58 bits per heavy atom. The van der Waals surface area contributed by atoms with Crippen LogP contribution in [0.4, 0.5) is 11.6 Å². The van der Waals surface area contributed by atoms with Crippen LogP contribution in [0.2, 0.25) is 0 Å². The number of aliphatic imine (C=N–C) groups is 1. The second-order valence-corrected chi connectivity index (χ2v) is 8.68. The van der Waals surface area contributed by atoms with Crippen molar-refractivity contribution in [3.05, 3.63) is 101 Å². The van der Waals surface area contributed by atoms with E-state index in [1.54, 1.807) is 51.4 Å². The maximum absolute atomic E-state index is 13.1. The van der Waals surface area contributed by atoms with Crippen molar-refractivity contribution in [2.75, 3.05) is 5.32 Å². The molecule has 38 heavy (non-hydrogen) atoms. The predicted molar refractivity (Wildman–Crippen MR) is 139 cm³/mol. The van der Waals surface area contributed by atoms with Gasteiger partial charge in [-0.1, -0.05) is 40.8 Å². The summed E-state index contributed by atoms with van der Waals surface area (Å²) in [6, 6.07) is 15.7. The number of hydrogen-bond acceptors (Lipinski definition) is 8. The maximum Gasteiger partial charge on any atom is 0.327 e. The summed E-state index contributed by atoms with van der Waals surface area (Å²) in [6.45, 7) is 0.848. The second kappa shape index (κ2) is 8.81. The Kier molecular flexibility index (Phi) is 5.03. The van der Waals surface area contributed by atoms with Gasteiger partial charge in [-0.3, -0.25) is 4.57 Å². The Morgan fingerprint density at radius 2 is 1.74 bits per heavy atom. The summed E-state index contributed by atoms with van der Waals surface area (Å²) < 4.78 is 6.98. The van der Waals surface area contributed by atoms with Crippen LogP contribution < -0.4 is 11.0 Å². The molecule has 5 heterocycles. The van der Waals surface area contributed by atoms with E-state index in [1.807, 2.05) is 53.1 Å². The summed E-state index contributed by atoms with van der Waals surface area (Å²) in [5, 5.41) is 19.1. The van der Waals surface area contributed by atoms with Gasteiger partial charge in [0, 0.05) is 0 Å². The lowest BCUT2D eigenvalue weighted by atomic mass is 10.1. The molecule has 4 aromatic heterocycles. The number of rotatable bonds is 6. The molecule has 0 spiro atoms. The minimum atomic E-state index is -0.249. The van der Waals surface area contributed by atoms with Crippen LogP contribution in [-0.2, 0) is 13.1 Å². The number of aromatic amines is 1. The minimum absolute atomic E-state index is 0.249. The Bertz CT molecular complexity index is 1820. The molecular formula is C25H20N12O. The zero-order chi connectivity index (χ0) is 25.5. The lowest BCUT2D eigenvalue weighted by molar-refractivity contribution is 0.757. The van der Waals surface area contributed by atoms with E-state index in [-0.39, 0.29) is 5.69 Å². The van der Waals surface area contributed by atoms with Crippen molar-refractivity contribution in [2.45, 2.75) is 13.1 Å². The third kappa shape index (κ3) is 3.69. The van der Waals surface area contributed by atoms with Crippen LogP contribution in [0.25, 0.3) is 22.8 Å². The van der Waals surface area contributed by atoms with E-state index in [2.05, 4.69) is 40.9 Å². The number of imidazole rings is 2. The molecule has 7 rings (SSSR count). The van der Waals surface area contributed by atoms with Gasteiger partial charge in [0.15, 0.2) is 5.82 Å². The van der Waals surface area contributed by atoms with Gasteiger partial charge in [-0.25, -0.2) is 24.1 Å². The molecule has 0 unspecified atom stereocenters. The first kappa shape index (κ1) is 21.7. The first-order valence-corrected chi connectivity index (χ1v) is 11.8. The molecule has 6 aromatic rings. The molecule has 1 aliphatic heterocycles. The number of aromatic nitrogens is 10. The Labute approximate surface area is 214 Å². The average Bonchev–Trinajstić information content (AvgIpc) is 3.74. The van der Waals surface area contributed by atoms with E-state index in [0.717, 1.165) is 22.5 Å². The normalized spacial score (nSPS) is 12.1. The summed E-state index contributed by atoms with van der Waals surface area (Å²) in [6.07, 6.45) is 10.2. The van der Waals surface area contributed by atoms with Crippen molar-refractivity contribution < 1.29 is 0 Å². The van der Waals surface area contributed by atoms with Crippen LogP contribution in [0.3, 0.4) is 0 Å². The molecule has 13 nitrogen and oxygen atoms in total. The lowest BCUT2D eigenvalue weighted by Crippen LogP contribution is -2.19. The zero-order valence-corrected chi connectivity index (χ0v) is 19.9. The maximum atomic E-state index is 13.1. The monoisotopic (exact) mass is 504 g/mol. The van der Waals surface area contributed by atoms with Crippen molar-refractivity contribution >= 4 is 18.0 Å². The highest BCUT2D eigenvalue weighted by Gasteiger charge is 2.24. The van der Waals surface area contributed by atoms with E-state index in [0.29, 0.717) is 36.1 Å². The molecule has 0 saturated heterocycles. The summed E-state index contributed by atoms with van der Waals surface area (Å²) in [5.74, 6) is 1.23. The average molecular weight is 505 g/mol. The molecule has 186 valence electrons. The number of benzene rings is 2. The van der Waals surface area contributed by atoms with Gasteiger partial charge in [0.1, 0.15) is 17.2 Å².